The quantitative estimate of drug-likeness (QED) is 0.878. The largest absolute Gasteiger partial charge is 0.496 e. The highest BCUT2D eigenvalue weighted by molar-refractivity contribution is 5.75. The first kappa shape index (κ1) is 17.8. The second-order valence-corrected chi connectivity index (χ2v) is 6.00. The Balaban J connectivity index is 2.10. The van der Waals surface area contributed by atoms with Gasteiger partial charge in [-0.3, -0.25) is 4.98 Å². The van der Waals surface area contributed by atoms with Crippen molar-refractivity contribution in [3.05, 3.63) is 59.9 Å². The van der Waals surface area contributed by atoms with Crippen LogP contribution in [0.25, 0.3) is 0 Å². The number of aromatic nitrogens is 1. The number of nitrogens with one attached hydrogen (secondary N) is 1. The average molecular weight is 327 g/mol. The van der Waals surface area contributed by atoms with Crippen LogP contribution >= 0.6 is 0 Å². The summed E-state index contributed by atoms with van der Waals surface area (Å²) in [5.74, 6) is 0.772. The molecule has 0 saturated heterocycles. The predicted octanol–water partition coefficient (Wildman–Crippen LogP) is 3.77. The van der Waals surface area contributed by atoms with Crippen LogP contribution < -0.4 is 10.1 Å². The van der Waals surface area contributed by atoms with Crippen LogP contribution in [0, 0.1) is 0 Å². The van der Waals surface area contributed by atoms with Crippen LogP contribution in [0.5, 0.6) is 5.75 Å². The Morgan fingerprint density at radius 1 is 1.21 bits per heavy atom. The van der Waals surface area contributed by atoms with E-state index in [1.54, 1.807) is 24.4 Å². The van der Waals surface area contributed by atoms with Gasteiger partial charge in [-0.2, -0.15) is 0 Å². The van der Waals surface area contributed by atoms with Crippen molar-refractivity contribution in [2.75, 3.05) is 7.11 Å². The highest BCUT2D eigenvalue weighted by Crippen LogP contribution is 2.24. The Morgan fingerprint density at radius 3 is 2.58 bits per heavy atom. The maximum atomic E-state index is 12.7. The molecule has 0 aliphatic carbocycles. The Labute approximate surface area is 143 Å². The van der Waals surface area contributed by atoms with Gasteiger partial charge in [0.05, 0.1) is 13.2 Å². The summed E-state index contributed by atoms with van der Waals surface area (Å²) >= 11 is 0. The predicted molar refractivity (Wildman–Crippen MR) is 94.9 cm³/mol. The fraction of sp³-hybridized carbons (Fsp3) is 0.368. The molecule has 1 N–H and O–H groups in total. The molecule has 128 valence electrons. The molecule has 0 saturated carbocycles. The smallest absolute Gasteiger partial charge is 0.318 e. The second kappa shape index (κ2) is 8.34. The molecule has 1 heterocycles. The lowest BCUT2D eigenvalue weighted by Crippen LogP contribution is -2.44. The van der Waals surface area contributed by atoms with Crippen LogP contribution in [-0.2, 0) is 6.54 Å². The maximum absolute atomic E-state index is 12.7. The van der Waals surface area contributed by atoms with Gasteiger partial charge in [-0.1, -0.05) is 24.3 Å². The lowest BCUT2D eigenvalue weighted by Gasteiger charge is -2.29. The molecule has 0 aliphatic heterocycles. The van der Waals surface area contributed by atoms with Gasteiger partial charge in [-0.25, -0.2) is 4.79 Å². The van der Waals surface area contributed by atoms with E-state index in [0.717, 1.165) is 16.9 Å². The normalized spacial score (nSPS) is 11.9. The van der Waals surface area contributed by atoms with E-state index in [4.69, 9.17) is 4.74 Å². The molecule has 1 unspecified atom stereocenters. The number of methoxy groups -OCH3 is 1. The van der Waals surface area contributed by atoms with Gasteiger partial charge in [0.15, 0.2) is 0 Å². The summed E-state index contributed by atoms with van der Waals surface area (Å²) < 4.78 is 5.38. The third-order valence-electron chi connectivity index (χ3n) is 3.91. The third kappa shape index (κ3) is 4.47. The topological polar surface area (TPSA) is 54.5 Å². The minimum absolute atomic E-state index is 0.0788. The van der Waals surface area contributed by atoms with E-state index in [1.807, 2.05) is 57.2 Å². The fourth-order valence-electron chi connectivity index (χ4n) is 2.55. The van der Waals surface area contributed by atoms with E-state index in [2.05, 4.69) is 10.3 Å². The molecule has 1 aromatic heterocycles. The highest BCUT2D eigenvalue weighted by Gasteiger charge is 2.21. The molecule has 24 heavy (non-hydrogen) atoms. The second-order valence-electron chi connectivity index (χ2n) is 6.00. The first-order valence-corrected chi connectivity index (χ1v) is 8.12. The van der Waals surface area contributed by atoms with E-state index in [9.17, 15) is 4.79 Å². The molecule has 2 amide bonds. The zero-order valence-electron chi connectivity index (χ0n) is 14.7. The van der Waals surface area contributed by atoms with E-state index in [1.165, 1.54) is 0 Å². The lowest BCUT2D eigenvalue weighted by molar-refractivity contribution is 0.176. The van der Waals surface area contributed by atoms with E-state index >= 15 is 0 Å². The summed E-state index contributed by atoms with van der Waals surface area (Å²) in [5.41, 5.74) is 1.96. The summed E-state index contributed by atoms with van der Waals surface area (Å²) in [4.78, 5) is 18.6. The number of benzene rings is 1. The minimum Gasteiger partial charge on any atom is -0.496 e. The van der Waals surface area contributed by atoms with Crippen molar-refractivity contribution in [2.45, 2.75) is 39.4 Å². The Kier molecular flexibility index (Phi) is 6.18. The van der Waals surface area contributed by atoms with Crippen LogP contribution in [0.15, 0.2) is 48.8 Å². The highest BCUT2D eigenvalue weighted by atomic mass is 16.5. The van der Waals surface area contributed by atoms with Crippen LogP contribution in [-0.4, -0.2) is 29.1 Å². The van der Waals surface area contributed by atoms with Crippen LogP contribution in [0.3, 0.4) is 0 Å². The first-order chi connectivity index (χ1) is 11.5. The van der Waals surface area contributed by atoms with Gasteiger partial charge in [-0.15, -0.1) is 0 Å². The van der Waals surface area contributed by atoms with Crippen molar-refractivity contribution in [3.63, 3.8) is 0 Å². The molecule has 0 aliphatic rings. The van der Waals surface area contributed by atoms with Crippen molar-refractivity contribution in [2.24, 2.45) is 0 Å². The summed E-state index contributed by atoms with van der Waals surface area (Å²) in [7, 11) is 1.64. The number of hydrogen-bond acceptors (Lipinski definition) is 3. The molecule has 1 aromatic carbocycles. The number of carbonyl (C=O) groups is 1. The first-order valence-electron chi connectivity index (χ1n) is 8.12. The van der Waals surface area contributed by atoms with Crippen molar-refractivity contribution >= 4 is 6.03 Å². The summed E-state index contributed by atoms with van der Waals surface area (Å²) in [6, 6.07) is 11.4. The van der Waals surface area contributed by atoms with Gasteiger partial charge in [0, 0.05) is 30.5 Å². The number of hydrogen-bond donors (Lipinski definition) is 1. The number of pyridine rings is 1. The summed E-state index contributed by atoms with van der Waals surface area (Å²) in [6.45, 7) is 6.49. The molecule has 5 heteroatoms. The van der Waals surface area contributed by atoms with Gasteiger partial charge in [0.25, 0.3) is 0 Å². The number of nitrogens with zero attached hydrogens (tertiary/aromatic N) is 2. The van der Waals surface area contributed by atoms with E-state index < -0.39 is 0 Å². The van der Waals surface area contributed by atoms with E-state index in [-0.39, 0.29) is 18.1 Å². The van der Waals surface area contributed by atoms with Crippen LogP contribution in [0.1, 0.15) is 37.9 Å². The molecular weight excluding hydrogens is 302 g/mol. The summed E-state index contributed by atoms with van der Waals surface area (Å²) in [6.07, 6.45) is 3.51. The summed E-state index contributed by atoms with van der Waals surface area (Å²) in [5, 5.41) is 3.06. The SMILES string of the molecule is COc1ccccc1C(C)NC(=O)N(Cc1cccnc1)C(C)C. The van der Waals surface area contributed by atoms with Crippen molar-refractivity contribution in [3.8, 4) is 5.75 Å². The molecule has 0 bridgehead atoms. The van der Waals surface area contributed by atoms with Crippen molar-refractivity contribution in [1.29, 1.82) is 0 Å². The van der Waals surface area contributed by atoms with Crippen molar-refractivity contribution < 1.29 is 9.53 Å². The van der Waals surface area contributed by atoms with Gasteiger partial charge in [0.1, 0.15) is 5.75 Å². The molecule has 2 rings (SSSR count). The fourth-order valence-corrected chi connectivity index (χ4v) is 2.55. The van der Waals surface area contributed by atoms with Gasteiger partial charge < -0.3 is 15.0 Å². The third-order valence-corrected chi connectivity index (χ3v) is 3.91. The average Bonchev–Trinajstić information content (AvgIpc) is 2.60. The van der Waals surface area contributed by atoms with Crippen LogP contribution in [0.2, 0.25) is 0 Å². The number of rotatable bonds is 6. The monoisotopic (exact) mass is 327 g/mol. The van der Waals surface area contributed by atoms with E-state index in [0.29, 0.717) is 6.54 Å². The number of carbonyl (C=O) groups excluding carboxylic acids is 1. The standard InChI is InChI=1S/C19H25N3O2/c1-14(2)22(13-16-8-7-11-20-12-16)19(23)21-15(3)17-9-5-6-10-18(17)24-4/h5-12,14-15H,13H2,1-4H3,(H,21,23). The maximum Gasteiger partial charge on any atom is 0.318 e. The Morgan fingerprint density at radius 2 is 1.96 bits per heavy atom. The molecule has 2 aromatic rings. The van der Waals surface area contributed by atoms with Gasteiger partial charge >= 0.3 is 6.03 Å². The number of amides is 2. The minimum atomic E-state index is -0.149. The van der Waals surface area contributed by atoms with Crippen LogP contribution in [0.4, 0.5) is 4.79 Å². The molecule has 1 atom stereocenters. The molecule has 0 spiro atoms. The van der Waals surface area contributed by atoms with Gasteiger partial charge in [0.2, 0.25) is 0 Å². The molecule has 0 fully saturated rings. The Bertz CT molecular complexity index is 659. The number of urea groups is 1. The number of ether oxygens (including phenoxy) is 1. The Hall–Kier alpha value is -2.56. The van der Waals surface area contributed by atoms with Crippen molar-refractivity contribution in [1.82, 2.24) is 15.2 Å². The molecular formula is C19H25N3O2. The lowest BCUT2D eigenvalue weighted by atomic mass is 10.1. The zero-order valence-corrected chi connectivity index (χ0v) is 14.7. The number of para-hydroxylation sites is 1. The van der Waals surface area contributed by atoms with Gasteiger partial charge in [-0.05, 0) is 38.5 Å². The molecule has 0 radical (unpaired) electrons. The molecule has 5 nitrogen and oxygen atoms in total. The zero-order chi connectivity index (χ0) is 17.5.